The molecule has 0 fully saturated rings. The van der Waals surface area contributed by atoms with Crippen molar-refractivity contribution in [3.63, 3.8) is 0 Å². The molecule has 0 amide bonds. The summed E-state index contributed by atoms with van der Waals surface area (Å²) in [5, 5.41) is 2.75. The third kappa shape index (κ3) is 3.71. The molecule has 2 aromatic carbocycles. The molecule has 0 aliphatic carbocycles. The van der Waals surface area contributed by atoms with Crippen LogP contribution in [0.3, 0.4) is 0 Å². The van der Waals surface area contributed by atoms with Gasteiger partial charge in [0.2, 0.25) is 0 Å². The number of hydrogen-bond acceptors (Lipinski definition) is 3. The zero-order valence-corrected chi connectivity index (χ0v) is 13.8. The first kappa shape index (κ1) is 16.8. The molecule has 0 saturated carbocycles. The summed E-state index contributed by atoms with van der Waals surface area (Å²) in [6.45, 7) is 0. The van der Waals surface area contributed by atoms with Gasteiger partial charge in [-0.15, -0.1) is 11.3 Å². The van der Waals surface area contributed by atoms with Gasteiger partial charge >= 0.3 is 6.18 Å². The van der Waals surface area contributed by atoms with Gasteiger partial charge in [0.05, 0.1) is 21.3 Å². The quantitative estimate of drug-likeness (QED) is 0.606. The van der Waals surface area contributed by atoms with E-state index < -0.39 is 11.7 Å². The second kappa shape index (κ2) is 6.45. The standard InChI is InChI=1S/C17H12ClF3N2S/c18-14-6-3-11(17(19,20)21)8-13(14)15-9-24-16(23-15)7-10-1-4-12(22)5-2-10/h1-6,8-9H,7,22H2. The van der Waals surface area contributed by atoms with Crippen molar-refractivity contribution in [2.75, 3.05) is 5.73 Å². The summed E-state index contributed by atoms with van der Waals surface area (Å²) in [7, 11) is 0. The van der Waals surface area contributed by atoms with Crippen molar-refractivity contribution in [1.82, 2.24) is 4.98 Å². The van der Waals surface area contributed by atoms with E-state index in [0.29, 0.717) is 17.8 Å². The van der Waals surface area contributed by atoms with Crippen LogP contribution in [0.1, 0.15) is 16.1 Å². The van der Waals surface area contributed by atoms with Gasteiger partial charge in [0, 0.05) is 23.1 Å². The van der Waals surface area contributed by atoms with Gasteiger partial charge in [-0.2, -0.15) is 13.2 Å². The third-order valence-electron chi connectivity index (χ3n) is 3.46. The van der Waals surface area contributed by atoms with Crippen molar-refractivity contribution >= 4 is 28.6 Å². The second-order valence-corrected chi connectivity index (χ2v) is 6.59. The molecular weight excluding hydrogens is 357 g/mol. The number of alkyl halides is 3. The van der Waals surface area contributed by atoms with Crippen molar-refractivity contribution in [3.8, 4) is 11.3 Å². The normalized spacial score (nSPS) is 11.7. The van der Waals surface area contributed by atoms with Gasteiger partial charge in [0.15, 0.2) is 0 Å². The SMILES string of the molecule is Nc1ccc(Cc2nc(-c3cc(C(F)(F)F)ccc3Cl)cs2)cc1. The highest BCUT2D eigenvalue weighted by Gasteiger charge is 2.31. The maximum absolute atomic E-state index is 12.9. The van der Waals surface area contributed by atoms with Crippen LogP contribution in [-0.4, -0.2) is 4.98 Å². The highest BCUT2D eigenvalue weighted by molar-refractivity contribution is 7.10. The van der Waals surface area contributed by atoms with E-state index in [0.717, 1.165) is 22.7 Å². The molecule has 0 saturated heterocycles. The Morgan fingerprint density at radius 1 is 1.08 bits per heavy atom. The van der Waals surface area contributed by atoms with Crippen molar-refractivity contribution < 1.29 is 13.2 Å². The van der Waals surface area contributed by atoms with Gasteiger partial charge in [-0.05, 0) is 35.9 Å². The molecule has 1 aromatic heterocycles. The number of thiazole rings is 1. The van der Waals surface area contributed by atoms with Gasteiger partial charge in [-0.25, -0.2) is 4.98 Å². The number of nitrogens with zero attached hydrogens (tertiary/aromatic N) is 1. The number of nitrogens with two attached hydrogens (primary N) is 1. The second-order valence-electron chi connectivity index (χ2n) is 5.24. The lowest BCUT2D eigenvalue weighted by Crippen LogP contribution is -2.04. The predicted molar refractivity (Wildman–Crippen MR) is 91.2 cm³/mol. The molecule has 2 N–H and O–H groups in total. The number of hydrogen-bond donors (Lipinski definition) is 1. The molecule has 0 bridgehead atoms. The number of halogens is 4. The minimum absolute atomic E-state index is 0.243. The Morgan fingerprint density at radius 2 is 1.79 bits per heavy atom. The highest BCUT2D eigenvalue weighted by atomic mass is 35.5. The number of benzene rings is 2. The molecule has 0 unspecified atom stereocenters. The zero-order valence-electron chi connectivity index (χ0n) is 12.3. The molecule has 0 aliphatic rings. The smallest absolute Gasteiger partial charge is 0.399 e. The Morgan fingerprint density at radius 3 is 2.46 bits per heavy atom. The molecule has 0 aliphatic heterocycles. The summed E-state index contributed by atoms with van der Waals surface area (Å²) in [6, 6.07) is 10.6. The van der Waals surface area contributed by atoms with E-state index in [9.17, 15) is 13.2 Å². The highest BCUT2D eigenvalue weighted by Crippen LogP contribution is 2.36. The lowest BCUT2D eigenvalue weighted by Gasteiger charge is -2.09. The van der Waals surface area contributed by atoms with Crippen LogP contribution in [0.15, 0.2) is 47.8 Å². The third-order valence-corrected chi connectivity index (χ3v) is 4.63. The molecule has 3 aromatic rings. The molecule has 3 rings (SSSR count). The molecular formula is C17H12ClF3N2S. The van der Waals surface area contributed by atoms with E-state index in [1.807, 2.05) is 12.1 Å². The lowest BCUT2D eigenvalue weighted by atomic mass is 10.1. The van der Waals surface area contributed by atoms with Crippen LogP contribution in [0.4, 0.5) is 18.9 Å². The van der Waals surface area contributed by atoms with Crippen LogP contribution in [-0.2, 0) is 12.6 Å². The summed E-state index contributed by atoms with van der Waals surface area (Å²) in [5.41, 5.74) is 7.34. The van der Waals surface area contributed by atoms with Gasteiger partial charge in [-0.1, -0.05) is 23.7 Å². The van der Waals surface area contributed by atoms with Crippen LogP contribution in [0.25, 0.3) is 11.3 Å². The topological polar surface area (TPSA) is 38.9 Å². The van der Waals surface area contributed by atoms with Crippen molar-refractivity contribution in [2.45, 2.75) is 12.6 Å². The number of nitrogen functional groups attached to an aromatic ring is 1. The van der Waals surface area contributed by atoms with E-state index in [4.69, 9.17) is 17.3 Å². The van der Waals surface area contributed by atoms with Crippen molar-refractivity contribution in [2.24, 2.45) is 0 Å². The molecule has 124 valence electrons. The average molecular weight is 369 g/mol. The van der Waals surface area contributed by atoms with Gasteiger partial charge in [-0.3, -0.25) is 0 Å². The monoisotopic (exact) mass is 368 g/mol. The fourth-order valence-electron chi connectivity index (χ4n) is 2.22. The molecule has 0 atom stereocenters. The van der Waals surface area contributed by atoms with Crippen molar-refractivity contribution in [1.29, 1.82) is 0 Å². The van der Waals surface area contributed by atoms with E-state index in [2.05, 4.69) is 4.98 Å². The lowest BCUT2D eigenvalue weighted by molar-refractivity contribution is -0.137. The fourth-order valence-corrected chi connectivity index (χ4v) is 3.27. The largest absolute Gasteiger partial charge is 0.416 e. The molecule has 0 spiro atoms. The summed E-state index contributed by atoms with van der Waals surface area (Å²) < 4.78 is 38.6. The van der Waals surface area contributed by atoms with E-state index in [-0.39, 0.29) is 10.6 Å². The Bertz CT molecular complexity index is 857. The molecule has 1 heterocycles. The van der Waals surface area contributed by atoms with E-state index in [1.165, 1.54) is 17.4 Å². The average Bonchev–Trinajstić information content (AvgIpc) is 2.97. The number of anilines is 1. The minimum Gasteiger partial charge on any atom is -0.399 e. The first-order valence-corrected chi connectivity index (χ1v) is 8.24. The first-order chi connectivity index (χ1) is 11.3. The number of aromatic nitrogens is 1. The molecule has 7 heteroatoms. The maximum atomic E-state index is 12.9. The summed E-state index contributed by atoms with van der Waals surface area (Å²) in [5.74, 6) is 0. The van der Waals surface area contributed by atoms with Gasteiger partial charge in [0.25, 0.3) is 0 Å². The van der Waals surface area contributed by atoms with E-state index in [1.54, 1.807) is 17.5 Å². The Kier molecular flexibility index (Phi) is 4.51. The van der Waals surface area contributed by atoms with Crippen LogP contribution in [0, 0.1) is 0 Å². The first-order valence-electron chi connectivity index (χ1n) is 6.99. The summed E-state index contributed by atoms with van der Waals surface area (Å²) in [6.07, 6.45) is -3.83. The zero-order chi connectivity index (χ0) is 17.3. The van der Waals surface area contributed by atoms with Crippen LogP contribution >= 0.6 is 22.9 Å². The van der Waals surface area contributed by atoms with Crippen LogP contribution < -0.4 is 5.73 Å². The van der Waals surface area contributed by atoms with E-state index >= 15 is 0 Å². The Hall–Kier alpha value is -2.05. The molecule has 2 nitrogen and oxygen atoms in total. The summed E-state index contributed by atoms with van der Waals surface area (Å²) in [4.78, 5) is 4.42. The van der Waals surface area contributed by atoms with Gasteiger partial charge in [0.1, 0.15) is 0 Å². The Labute approximate surface area is 145 Å². The minimum atomic E-state index is -4.41. The van der Waals surface area contributed by atoms with Gasteiger partial charge < -0.3 is 5.73 Å². The van der Waals surface area contributed by atoms with Crippen molar-refractivity contribution in [3.05, 3.63) is 69.0 Å². The fraction of sp³-hybridized carbons (Fsp3) is 0.118. The maximum Gasteiger partial charge on any atom is 0.416 e. The van der Waals surface area contributed by atoms with Crippen LogP contribution in [0.2, 0.25) is 5.02 Å². The molecule has 24 heavy (non-hydrogen) atoms. The predicted octanol–water partition coefficient (Wildman–Crippen LogP) is 5.66. The molecule has 0 radical (unpaired) electrons. The Balaban J connectivity index is 1.89. The van der Waals surface area contributed by atoms with Crippen LogP contribution in [0.5, 0.6) is 0 Å². The summed E-state index contributed by atoms with van der Waals surface area (Å²) >= 11 is 7.43. The number of rotatable bonds is 3.